The van der Waals surface area contributed by atoms with Crippen LogP contribution in [0.3, 0.4) is 0 Å². The van der Waals surface area contributed by atoms with Gasteiger partial charge in [0.15, 0.2) is 5.13 Å². The summed E-state index contributed by atoms with van der Waals surface area (Å²) in [4.78, 5) is 25.2. The van der Waals surface area contributed by atoms with Gasteiger partial charge in [0.05, 0.1) is 16.0 Å². The van der Waals surface area contributed by atoms with Gasteiger partial charge in [0.2, 0.25) is 0 Å². The van der Waals surface area contributed by atoms with Gasteiger partial charge >= 0.3 is 6.09 Å². The highest BCUT2D eigenvalue weighted by Crippen LogP contribution is 2.49. The van der Waals surface area contributed by atoms with E-state index >= 15 is 0 Å². The Bertz CT molecular complexity index is 1460. The third-order valence-corrected chi connectivity index (χ3v) is 8.22. The SMILES string of the molecule is CC(=O)C1(c2ccc(-c3ccc(-c4sc(F)cc4NC(=O)O[C@H](C)c4ccccc4Cl)cc3)cc2)CC1. The molecule has 1 aromatic heterocycles. The number of thiophene rings is 1. The van der Waals surface area contributed by atoms with Crippen molar-refractivity contribution in [1.82, 2.24) is 0 Å². The third kappa shape index (κ3) is 5.17. The highest BCUT2D eigenvalue weighted by atomic mass is 35.5. The number of hydrogen-bond acceptors (Lipinski definition) is 4. The monoisotopic (exact) mass is 533 g/mol. The third-order valence-electron chi connectivity index (χ3n) is 6.91. The molecule has 188 valence electrons. The molecule has 0 spiro atoms. The van der Waals surface area contributed by atoms with E-state index in [4.69, 9.17) is 16.3 Å². The van der Waals surface area contributed by atoms with Gasteiger partial charge in [-0.05, 0) is 55.0 Å². The molecule has 1 fully saturated rings. The number of ketones is 1. The Morgan fingerprint density at radius 3 is 2.16 bits per heavy atom. The topological polar surface area (TPSA) is 55.4 Å². The van der Waals surface area contributed by atoms with Crippen LogP contribution in [0, 0.1) is 5.13 Å². The molecule has 4 nitrogen and oxygen atoms in total. The summed E-state index contributed by atoms with van der Waals surface area (Å²) in [7, 11) is 0. The summed E-state index contributed by atoms with van der Waals surface area (Å²) >= 11 is 7.15. The minimum absolute atomic E-state index is 0.222. The second kappa shape index (κ2) is 10.1. The fourth-order valence-electron chi connectivity index (χ4n) is 4.60. The van der Waals surface area contributed by atoms with Crippen LogP contribution >= 0.6 is 22.9 Å². The molecule has 1 atom stereocenters. The molecule has 1 aliphatic rings. The van der Waals surface area contributed by atoms with Crippen molar-refractivity contribution in [3.8, 4) is 21.6 Å². The maximum absolute atomic E-state index is 14.2. The lowest BCUT2D eigenvalue weighted by Gasteiger charge is -2.15. The first-order valence-electron chi connectivity index (χ1n) is 12.0. The second-order valence-corrected chi connectivity index (χ2v) is 10.7. The van der Waals surface area contributed by atoms with Crippen molar-refractivity contribution < 1.29 is 18.7 Å². The number of carbonyl (C=O) groups is 2. The van der Waals surface area contributed by atoms with E-state index in [-0.39, 0.29) is 11.2 Å². The summed E-state index contributed by atoms with van der Waals surface area (Å²) in [5.74, 6) is 0.222. The average Bonchev–Trinajstić information content (AvgIpc) is 3.62. The van der Waals surface area contributed by atoms with Gasteiger partial charge in [-0.3, -0.25) is 10.1 Å². The molecule has 5 rings (SSSR count). The minimum Gasteiger partial charge on any atom is -0.441 e. The van der Waals surface area contributed by atoms with Gasteiger partial charge in [-0.2, -0.15) is 4.39 Å². The molecular formula is C30H25ClFNO3S. The zero-order chi connectivity index (χ0) is 26.2. The summed E-state index contributed by atoms with van der Waals surface area (Å²) in [5, 5.41) is 2.76. The van der Waals surface area contributed by atoms with Crippen LogP contribution in [0.1, 0.15) is 43.9 Å². The number of halogens is 2. The van der Waals surface area contributed by atoms with Gasteiger partial charge < -0.3 is 4.74 Å². The number of carbonyl (C=O) groups excluding carboxylic acids is 2. The molecule has 0 bridgehead atoms. The van der Waals surface area contributed by atoms with Crippen molar-refractivity contribution >= 4 is 40.5 Å². The molecule has 3 aromatic carbocycles. The Balaban J connectivity index is 1.30. The molecule has 1 amide bonds. The molecule has 1 saturated carbocycles. The standard InChI is InChI=1S/C30H25ClFNO3S/c1-18(24-5-3-4-6-25(24)31)36-29(35)33-26-17-27(32)37-28(26)22-9-7-20(8-10-22)21-11-13-23(14-12-21)30(15-16-30)19(2)34/h3-14,17-18H,15-16H2,1-2H3,(H,33,35)/t18-/m1/s1. The molecule has 7 heteroatoms. The zero-order valence-electron chi connectivity index (χ0n) is 20.4. The van der Waals surface area contributed by atoms with Crippen molar-refractivity contribution in [3.05, 3.63) is 100 Å². The molecule has 1 N–H and O–H groups in total. The van der Waals surface area contributed by atoms with Crippen LogP contribution < -0.4 is 5.32 Å². The van der Waals surface area contributed by atoms with E-state index in [0.29, 0.717) is 21.2 Å². The Kier molecular flexibility index (Phi) is 6.88. The van der Waals surface area contributed by atoms with E-state index in [0.717, 1.165) is 46.4 Å². The smallest absolute Gasteiger partial charge is 0.412 e. The highest BCUT2D eigenvalue weighted by Gasteiger charge is 2.48. The minimum atomic E-state index is -0.692. The maximum Gasteiger partial charge on any atom is 0.412 e. The van der Waals surface area contributed by atoms with E-state index in [1.54, 1.807) is 32.0 Å². The Labute approximate surface area is 224 Å². The number of nitrogens with one attached hydrogen (secondary N) is 1. The number of amides is 1. The average molecular weight is 534 g/mol. The fourth-order valence-corrected chi connectivity index (χ4v) is 5.74. The quantitative estimate of drug-likeness (QED) is 0.258. The van der Waals surface area contributed by atoms with Crippen molar-refractivity contribution in [2.75, 3.05) is 5.32 Å². The molecule has 1 aliphatic carbocycles. The predicted octanol–water partition coefficient (Wildman–Crippen LogP) is 8.80. The normalized spacial score (nSPS) is 14.6. The van der Waals surface area contributed by atoms with Crippen molar-refractivity contribution in [2.24, 2.45) is 0 Å². The first-order chi connectivity index (χ1) is 17.8. The number of rotatable bonds is 7. The summed E-state index contributed by atoms with van der Waals surface area (Å²) in [6.07, 6.45) is 0.561. The number of Topliss-reactive ketones (excluding diaryl/α,β-unsaturated/α-hetero) is 1. The van der Waals surface area contributed by atoms with Crippen LogP contribution in [0.5, 0.6) is 0 Å². The Morgan fingerprint density at radius 2 is 1.57 bits per heavy atom. The number of benzene rings is 3. The number of ether oxygens (including phenoxy) is 1. The summed E-state index contributed by atoms with van der Waals surface area (Å²) < 4.78 is 19.7. The number of hydrogen-bond donors (Lipinski definition) is 1. The van der Waals surface area contributed by atoms with Gasteiger partial charge in [-0.1, -0.05) is 78.3 Å². The van der Waals surface area contributed by atoms with Gasteiger partial charge in [-0.25, -0.2) is 4.79 Å². The molecule has 0 saturated heterocycles. The van der Waals surface area contributed by atoms with Crippen molar-refractivity contribution in [3.63, 3.8) is 0 Å². The molecule has 1 heterocycles. The van der Waals surface area contributed by atoms with Gasteiger partial charge in [0.1, 0.15) is 11.9 Å². The summed E-state index contributed by atoms with van der Waals surface area (Å²) in [5.41, 5.74) is 4.62. The van der Waals surface area contributed by atoms with E-state index in [2.05, 4.69) is 5.32 Å². The van der Waals surface area contributed by atoms with Gasteiger partial charge in [-0.15, -0.1) is 11.3 Å². The lowest BCUT2D eigenvalue weighted by atomic mass is 9.90. The lowest BCUT2D eigenvalue weighted by Crippen LogP contribution is -2.16. The first-order valence-corrected chi connectivity index (χ1v) is 13.2. The molecular weight excluding hydrogens is 509 g/mol. The predicted molar refractivity (Wildman–Crippen MR) is 147 cm³/mol. The molecule has 0 aliphatic heterocycles. The van der Waals surface area contributed by atoms with Crippen LogP contribution in [0.15, 0.2) is 78.9 Å². The first kappa shape index (κ1) is 25.2. The summed E-state index contributed by atoms with van der Waals surface area (Å²) in [6.45, 7) is 3.39. The molecule has 37 heavy (non-hydrogen) atoms. The maximum atomic E-state index is 14.2. The van der Waals surface area contributed by atoms with E-state index in [1.165, 1.54) is 6.07 Å². The van der Waals surface area contributed by atoms with Gasteiger partial charge in [0, 0.05) is 16.7 Å². The van der Waals surface area contributed by atoms with Crippen molar-refractivity contribution in [2.45, 2.75) is 38.2 Å². The van der Waals surface area contributed by atoms with E-state index in [1.807, 2.05) is 54.6 Å². The highest BCUT2D eigenvalue weighted by molar-refractivity contribution is 7.14. The van der Waals surface area contributed by atoms with E-state index < -0.39 is 17.3 Å². The van der Waals surface area contributed by atoms with Crippen LogP contribution in [-0.4, -0.2) is 11.9 Å². The van der Waals surface area contributed by atoms with Crippen LogP contribution in [0.25, 0.3) is 21.6 Å². The summed E-state index contributed by atoms with van der Waals surface area (Å²) in [6, 6.07) is 24.3. The Morgan fingerprint density at radius 1 is 0.973 bits per heavy atom. The molecule has 4 aromatic rings. The number of anilines is 1. The van der Waals surface area contributed by atoms with E-state index in [9.17, 15) is 14.0 Å². The zero-order valence-corrected chi connectivity index (χ0v) is 22.0. The Hall–Kier alpha value is -3.48. The second-order valence-electron chi connectivity index (χ2n) is 9.28. The van der Waals surface area contributed by atoms with Gasteiger partial charge in [0.25, 0.3) is 0 Å². The van der Waals surface area contributed by atoms with Crippen molar-refractivity contribution in [1.29, 1.82) is 0 Å². The molecule has 0 radical (unpaired) electrons. The van der Waals surface area contributed by atoms with Crippen LogP contribution in [0.4, 0.5) is 14.9 Å². The van der Waals surface area contributed by atoms with Crippen LogP contribution in [0.2, 0.25) is 5.02 Å². The van der Waals surface area contributed by atoms with Crippen LogP contribution in [-0.2, 0) is 14.9 Å². The lowest BCUT2D eigenvalue weighted by molar-refractivity contribution is -0.119. The molecule has 0 unspecified atom stereocenters. The largest absolute Gasteiger partial charge is 0.441 e. The fraction of sp³-hybridized carbons (Fsp3) is 0.200.